The van der Waals surface area contributed by atoms with Gasteiger partial charge in [-0.25, -0.2) is 4.39 Å². The lowest BCUT2D eigenvalue weighted by Crippen LogP contribution is -2.22. The second kappa shape index (κ2) is 6.66. The van der Waals surface area contributed by atoms with E-state index in [-0.39, 0.29) is 23.6 Å². The molecule has 1 N–H and O–H groups in total. The molecule has 0 aliphatic carbocycles. The van der Waals surface area contributed by atoms with Gasteiger partial charge in [-0.05, 0) is 57.3 Å². The van der Waals surface area contributed by atoms with Gasteiger partial charge in [0.1, 0.15) is 12.4 Å². The molecule has 1 heterocycles. The van der Waals surface area contributed by atoms with Crippen molar-refractivity contribution in [3.05, 3.63) is 59.8 Å². The Morgan fingerprint density at radius 3 is 2.40 bits per heavy atom. The Balaban J connectivity index is 2.13. The number of anilines is 1. The van der Waals surface area contributed by atoms with Crippen molar-refractivity contribution in [2.24, 2.45) is 0 Å². The van der Waals surface area contributed by atoms with Crippen LogP contribution in [0.25, 0.3) is 0 Å². The van der Waals surface area contributed by atoms with E-state index in [2.05, 4.69) is 5.32 Å². The molecule has 1 amide bonds. The van der Waals surface area contributed by atoms with E-state index in [1.807, 2.05) is 45.2 Å². The van der Waals surface area contributed by atoms with E-state index in [1.54, 1.807) is 29.1 Å². The van der Waals surface area contributed by atoms with Crippen molar-refractivity contribution >= 4 is 56.8 Å². The third-order valence-electron chi connectivity index (χ3n) is 2.47. The third kappa shape index (κ3) is 3.78. The number of rotatable bonds is 3. The molecule has 104 valence electrons. The minimum Gasteiger partial charge on any atom is -0.343 e. The summed E-state index contributed by atoms with van der Waals surface area (Å²) in [6.45, 7) is 0.0145. The van der Waals surface area contributed by atoms with Gasteiger partial charge in [0.05, 0.1) is 12.8 Å². The van der Waals surface area contributed by atoms with Crippen molar-refractivity contribution in [2.75, 3.05) is 5.32 Å². The number of aromatic nitrogens is 1. The van der Waals surface area contributed by atoms with Crippen LogP contribution in [0, 0.1) is 13.0 Å². The van der Waals surface area contributed by atoms with Crippen molar-refractivity contribution in [3.8, 4) is 0 Å². The molecule has 0 unspecified atom stereocenters. The number of hydrogen-bond donors (Lipinski definition) is 1. The molecular formula is C13H9FI2N2O2. The molecule has 2 aromatic rings. The van der Waals surface area contributed by atoms with E-state index >= 15 is 0 Å². The normalized spacial score (nSPS) is 10.3. The zero-order valence-corrected chi connectivity index (χ0v) is 14.4. The summed E-state index contributed by atoms with van der Waals surface area (Å²) in [5, 5.41) is 2.49. The van der Waals surface area contributed by atoms with Gasteiger partial charge in [-0.3, -0.25) is 9.59 Å². The molecule has 7 heteroatoms. The lowest BCUT2D eigenvalue weighted by Gasteiger charge is -2.09. The SMILES string of the molecule is O=C(Cn1cc(I)c(=O)c(I)c1)Nc1ccccc1F. The smallest absolute Gasteiger partial charge is 0.244 e. The van der Waals surface area contributed by atoms with Crippen molar-refractivity contribution in [3.63, 3.8) is 0 Å². The van der Waals surface area contributed by atoms with Gasteiger partial charge < -0.3 is 9.88 Å². The van der Waals surface area contributed by atoms with Crippen LogP contribution in [-0.2, 0) is 11.3 Å². The molecule has 0 saturated heterocycles. The number of benzene rings is 1. The van der Waals surface area contributed by atoms with Gasteiger partial charge in [-0.15, -0.1) is 0 Å². The van der Waals surface area contributed by atoms with Crippen molar-refractivity contribution in [1.82, 2.24) is 4.57 Å². The number of carbonyl (C=O) groups is 1. The first-order valence-corrected chi connectivity index (χ1v) is 7.72. The van der Waals surface area contributed by atoms with Gasteiger partial charge >= 0.3 is 0 Å². The van der Waals surface area contributed by atoms with Crippen LogP contribution in [0.2, 0.25) is 0 Å². The number of carbonyl (C=O) groups excluding carboxylic acids is 1. The molecule has 1 aromatic carbocycles. The lowest BCUT2D eigenvalue weighted by atomic mass is 10.3. The summed E-state index contributed by atoms with van der Waals surface area (Å²) in [5.74, 6) is -0.838. The van der Waals surface area contributed by atoms with Gasteiger partial charge in [0.2, 0.25) is 11.3 Å². The van der Waals surface area contributed by atoms with Crippen LogP contribution in [0.1, 0.15) is 0 Å². The van der Waals surface area contributed by atoms with Crippen LogP contribution in [0.15, 0.2) is 41.5 Å². The van der Waals surface area contributed by atoms with Gasteiger partial charge in [-0.1, -0.05) is 12.1 Å². The van der Waals surface area contributed by atoms with Crippen LogP contribution >= 0.6 is 45.2 Å². The van der Waals surface area contributed by atoms with Crippen LogP contribution in [-0.4, -0.2) is 10.5 Å². The number of hydrogen-bond acceptors (Lipinski definition) is 2. The lowest BCUT2D eigenvalue weighted by molar-refractivity contribution is -0.116. The highest BCUT2D eigenvalue weighted by molar-refractivity contribution is 14.1. The number of halogens is 3. The van der Waals surface area contributed by atoms with Gasteiger partial charge in [0, 0.05) is 12.4 Å². The summed E-state index contributed by atoms with van der Waals surface area (Å²) < 4.78 is 16.1. The second-order valence-electron chi connectivity index (χ2n) is 3.98. The van der Waals surface area contributed by atoms with Gasteiger partial charge in [0.15, 0.2) is 0 Å². The van der Waals surface area contributed by atoms with Crippen LogP contribution in [0.4, 0.5) is 10.1 Å². The predicted molar refractivity (Wildman–Crippen MR) is 91.2 cm³/mol. The zero-order valence-electron chi connectivity index (χ0n) is 10.1. The molecular weight excluding hydrogens is 489 g/mol. The minimum atomic E-state index is -0.482. The van der Waals surface area contributed by atoms with E-state index in [0.29, 0.717) is 7.14 Å². The fourth-order valence-corrected chi connectivity index (χ4v) is 3.38. The minimum absolute atomic E-state index is 0.0145. The average Bonchev–Trinajstić information content (AvgIpc) is 2.38. The first-order chi connectivity index (χ1) is 9.47. The molecule has 1 aromatic heterocycles. The Morgan fingerprint density at radius 2 is 1.80 bits per heavy atom. The van der Waals surface area contributed by atoms with E-state index in [1.165, 1.54) is 12.1 Å². The molecule has 0 aliphatic rings. The van der Waals surface area contributed by atoms with Gasteiger partial charge in [0.25, 0.3) is 0 Å². The Kier molecular flexibility index (Phi) is 5.13. The monoisotopic (exact) mass is 498 g/mol. The number of pyridine rings is 1. The largest absolute Gasteiger partial charge is 0.343 e. The van der Waals surface area contributed by atoms with E-state index in [0.717, 1.165) is 0 Å². The van der Waals surface area contributed by atoms with Crippen LogP contribution in [0.3, 0.4) is 0 Å². The third-order valence-corrected chi connectivity index (χ3v) is 4.00. The topological polar surface area (TPSA) is 51.1 Å². The molecule has 0 aliphatic heterocycles. The Hall–Kier alpha value is -0.970. The summed E-state index contributed by atoms with van der Waals surface area (Å²) in [6, 6.07) is 5.97. The Bertz CT molecular complexity index is 690. The average molecular weight is 498 g/mol. The quantitative estimate of drug-likeness (QED) is 0.663. The molecule has 0 radical (unpaired) electrons. The fraction of sp³-hybridized carbons (Fsp3) is 0.0769. The highest BCUT2D eigenvalue weighted by Gasteiger charge is 2.08. The van der Waals surface area contributed by atoms with Gasteiger partial charge in [-0.2, -0.15) is 0 Å². The Labute approximate surface area is 141 Å². The van der Waals surface area contributed by atoms with Crippen LogP contribution in [0.5, 0.6) is 0 Å². The summed E-state index contributed by atoms with van der Waals surface area (Å²) in [4.78, 5) is 23.4. The van der Waals surface area contributed by atoms with E-state index in [4.69, 9.17) is 0 Å². The molecule has 4 nitrogen and oxygen atoms in total. The Morgan fingerprint density at radius 1 is 1.20 bits per heavy atom. The molecule has 0 fully saturated rings. The van der Waals surface area contributed by atoms with Crippen molar-refractivity contribution < 1.29 is 9.18 Å². The molecule has 20 heavy (non-hydrogen) atoms. The maximum atomic E-state index is 13.4. The predicted octanol–water partition coefficient (Wildman–Crippen LogP) is 2.84. The van der Waals surface area contributed by atoms with E-state index < -0.39 is 5.82 Å². The summed E-state index contributed by atoms with van der Waals surface area (Å²) in [6.07, 6.45) is 3.18. The van der Waals surface area contributed by atoms with Crippen molar-refractivity contribution in [1.29, 1.82) is 0 Å². The summed E-state index contributed by atoms with van der Waals surface area (Å²) in [5.41, 5.74) is 0.0832. The first-order valence-electron chi connectivity index (χ1n) is 5.57. The fourth-order valence-electron chi connectivity index (χ4n) is 1.57. The highest BCUT2D eigenvalue weighted by atomic mass is 127. The number of nitrogens with one attached hydrogen (secondary N) is 1. The molecule has 0 spiro atoms. The zero-order chi connectivity index (χ0) is 14.7. The standard InChI is InChI=1S/C13H9FI2N2O2/c14-8-3-1-2-4-11(8)17-12(19)7-18-5-9(15)13(20)10(16)6-18/h1-6H,7H2,(H,17,19). The molecule has 0 saturated carbocycles. The number of amides is 1. The highest BCUT2D eigenvalue weighted by Crippen LogP contribution is 2.12. The maximum absolute atomic E-state index is 13.4. The molecule has 0 atom stereocenters. The van der Waals surface area contributed by atoms with Crippen LogP contribution < -0.4 is 10.7 Å². The van der Waals surface area contributed by atoms with Crippen molar-refractivity contribution in [2.45, 2.75) is 6.54 Å². The van der Waals surface area contributed by atoms with E-state index in [9.17, 15) is 14.0 Å². The molecule has 0 bridgehead atoms. The maximum Gasteiger partial charge on any atom is 0.244 e. The molecule has 2 rings (SSSR count). The summed E-state index contributed by atoms with van der Waals surface area (Å²) in [7, 11) is 0. The summed E-state index contributed by atoms with van der Waals surface area (Å²) >= 11 is 3.84. The second-order valence-corrected chi connectivity index (χ2v) is 6.31. The number of para-hydroxylation sites is 1. The number of nitrogens with zero attached hydrogens (tertiary/aromatic N) is 1. The first kappa shape index (κ1) is 15.4.